The molecule has 31 heavy (non-hydrogen) atoms. The molecule has 2 atom stereocenters. The number of Topliss-reactive ketones (excluding diaryl/α,β-unsaturated/α-hetero) is 1. The van der Waals surface area contributed by atoms with Crippen molar-refractivity contribution in [1.82, 2.24) is 9.97 Å². The first-order valence-corrected chi connectivity index (χ1v) is 11.6. The molecule has 1 aliphatic heterocycles. The van der Waals surface area contributed by atoms with Crippen LogP contribution in [-0.2, 0) is 21.8 Å². The van der Waals surface area contributed by atoms with Gasteiger partial charge in [-0.05, 0) is 44.4 Å². The first kappa shape index (κ1) is 23.0. The van der Waals surface area contributed by atoms with Crippen molar-refractivity contribution in [3.63, 3.8) is 0 Å². The van der Waals surface area contributed by atoms with Crippen LogP contribution in [0.15, 0.2) is 35.6 Å². The molecule has 166 valence electrons. The van der Waals surface area contributed by atoms with E-state index in [4.69, 9.17) is 5.73 Å². The number of benzene rings is 1. The van der Waals surface area contributed by atoms with Crippen LogP contribution >= 0.6 is 0 Å². The highest BCUT2D eigenvalue weighted by Crippen LogP contribution is 2.41. The Labute approximate surface area is 181 Å². The molecular weight excluding hydrogens is 419 g/mol. The molecule has 2 N–H and O–H groups in total. The molecule has 0 saturated carbocycles. The summed E-state index contributed by atoms with van der Waals surface area (Å²) in [5.41, 5.74) is 6.25. The normalized spacial score (nSPS) is 25.3. The van der Waals surface area contributed by atoms with E-state index < -0.39 is 25.9 Å². The molecule has 1 aromatic heterocycles. The number of carbonyl (C=O) groups excluding carboxylic acids is 1. The molecule has 1 aromatic carbocycles. The largest absolute Gasteiger partial charge is 0.386 e. The third kappa shape index (κ3) is 3.98. The molecule has 0 amide bonds. The number of nitrogens with zero attached hydrogens (tertiary/aromatic N) is 3. The molecule has 1 aliphatic rings. The summed E-state index contributed by atoms with van der Waals surface area (Å²) < 4.78 is 39.9. The van der Waals surface area contributed by atoms with E-state index in [-0.39, 0.29) is 41.0 Å². The van der Waals surface area contributed by atoms with Crippen molar-refractivity contribution in [3.05, 3.63) is 58.9 Å². The third-order valence-corrected chi connectivity index (χ3v) is 9.05. The molecule has 0 unspecified atom stereocenters. The number of hydrogen-bond acceptors (Lipinski definition) is 7. The maximum absolute atomic E-state index is 14.8. The van der Waals surface area contributed by atoms with Gasteiger partial charge in [-0.1, -0.05) is 19.9 Å². The van der Waals surface area contributed by atoms with Gasteiger partial charge in [0.1, 0.15) is 27.6 Å². The van der Waals surface area contributed by atoms with E-state index in [0.29, 0.717) is 11.3 Å². The summed E-state index contributed by atoms with van der Waals surface area (Å²) in [4.78, 5) is 25.2. The molecule has 0 fully saturated rings. The Morgan fingerprint density at radius 1 is 1.23 bits per heavy atom. The Balaban J connectivity index is 2.01. The smallest absolute Gasteiger partial charge is 0.187 e. The second-order valence-corrected chi connectivity index (χ2v) is 11.1. The molecular formula is C22H27FN4O3S. The van der Waals surface area contributed by atoms with Gasteiger partial charge in [0.05, 0.1) is 17.6 Å². The van der Waals surface area contributed by atoms with Crippen LogP contribution in [0.1, 0.15) is 55.0 Å². The Morgan fingerprint density at radius 2 is 1.90 bits per heavy atom. The molecule has 7 nitrogen and oxygen atoms in total. The van der Waals surface area contributed by atoms with Gasteiger partial charge in [0, 0.05) is 18.2 Å². The van der Waals surface area contributed by atoms with Gasteiger partial charge < -0.3 is 5.73 Å². The van der Waals surface area contributed by atoms with Crippen molar-refractivity contribution in [3.8, 4) is 0 Å². The van der Waals surface area contributed by atoms with Crippen molar-refractivity contribution in [2.24, 2.45) is 16.6 Å². The number of aliphatic imine (C=N–C) groups is 1. The van der Waals surface area contributed by atoms with Gasteiger partial charge in [-0.2, -0.15) is 0 Å². The quantitative estimate of drug-likeness (QED) is 0.706. The maximum atomic E-state index is 14.8. The van der Waals surface area contributed by atoms with Crippen LogP contribution in [0.5, 0.6) is 0 Å². The monoisotopic (exact) mass is 446 g/mol. The van der Waals surface area contributed by atoms with E-state index in [1.807, 2.05) is 0 Å². The highest BCUT2D eigenvalue weighted by atomic mass is 32.2. The molecule has 0 aliphatic carbocycles. The van der Waals surface area contributed by atoms with Crippen molar-refractivity contribution in [2.45, 2.75) is 51.3 Å². The van der Waals surface area contributed by atoms with Gasteiger partial charge >= 0.3 is 0 Å². The summed E-state index contributed by atoms with van der Waals surface area (Å²) in [7, 11) is -3.73. The zero-order valence-corrected chi connectivity index (χ0v) is 19.1. The maximum Gasteiger partial charge on any atom is 0.187 e. The Hall–Kier alpha value is -2.68. The number of nitrogens with two attached hydrogens (primary N) is 1. The van der Waals surface area contributed by atoms with Crippen molar-refractivity contribution in [2.75, 3.05) is 5.75 Å². The van der Waals surface area contributed by atoms with Gasteiger partial charge in [-0.15, -0.1) is 0 Å². The van der Waals surface area contributed by atoms with E-state index in [2.05, 4.69) is 15.0 Å². The van der Waals surface area contributed by atoms with E-state index in [1.54, 1.807) is 34.6 Å². The number of hydrogen-bond donors (Lipinski definition) is 1. The highest BCUT2D eigenvalue weighted by Gasteiger charge is 2.53. The van der Waals surface area contributed by atoms with E-state index in [0.717, 1.165) is 0 Å². The minimum absolute atomic E-state index is 0.0310. The molecule has 0 radical (unpaired) electrons. The fourth-order valence-corrected chi connectivity index (χ4v) is 6.13. The number of carbonyl (C=O) groups is 1. The van der Waals surface area contributed by atoms with Crippen LogP contribution in [0.2, 0.25) is 0 Å². The number of sulfone groups is 1. The summed E-state index contributed by atoms with van der Waals surface area (Å²) in [6.45, 7) is 8.40. The van der Waals surface area contributed by atoms with Crippen molar-refractivity contribution >= 4 is 21.5 Å². The zero-order chi connectivity index (χ0) is 23.2. The number of ketones is 1. The average Bonchev–Trinajstić information content (AvgIpc) is 2.67. The predicted molar refractivity (Wildman–Crippen MR) is 117 cm³/mol. The van der Waals surface area contributed by atoms with E-state index in [1.165, 1.54) is 30.6 Å². The van der Waals surface area contributed by atoms with Crippen molar-refractivity contribution in [1.29, 1.82) is 0 Å². The number of rotatable bonds is 5. The van der Waals surface area contributed by atoms with Crippen LogP contribution in [0.3, 0.4) is 0 Å². The third-order valence-electron chi connectivity index (χ3n) is 6.14. The average molecular weight is 447 g/mol. The molecule has 3 rings (SSSR count). The SMILES string of the molecule is Cc1cnc(C(=O)Cc2ccc(F)c([C@]3(C)CS(=O)(=O)[C@](C)(C(C)C)C(N)=N3)c2)cn1. The van der Waals surface area contributed by atoms with E-state index >= 15 is 0 Å². The highest BCUT2D eigenvalue weighted by molar-refractivity contribution is 7.93. The van der Waals surface area contributed by atoms with Crippen LogP contribution in [0.25, 0.3) is 0 Å². The Morgan fingerprint density at radius 3 is 2.45 bits per heavy atom. The molecule has 2 heterocycles. The minimum atomic E-state index is -3.73. The van der Waals surface area contributed by atoms with Gasteiger partial charge in [0.15, 0.2) is 15.6 Å². The second kappa shape index (κ2) is 7.78. The standard InChI is InChI=1S/C22H27FN4O3S/c1-13(2)22(5)20(24)27-21(4,12-31(22,29)30)16-8-15(6-7-17(16)23)9-19(28)18-11-25-14(3)10-26-18/h6-8,10-11,13H,9,12H2,1-5H3,(H2,24,27)/t21-,22+/m0/s1. The predicted octanol–water partition coefficient (Wildman–Crippen LogP) is 2.77. The van der Waals surface area contributed by atoms with Crippen molar-refractivity contribution < 1.29 is 17.6 Å². The summed E-state index contributed by atoms with van der Waals surface area (Å²) in [6.07, 6.45) is 2.87. The first-order chi connectivity index (χ1) is 14.3. The number of aryl methyl sites for hydroxylation is 1. The van der Waals surface area contributed by atoms with Gasteiger partial charge in [-0.25, -0.2) is 17.8 Å². The van der Waals surface area contributed by atoms with E-state index in [9.17, 15) is 17.6 Å². The summed E-state index contributed by atoms with van der Waals surface area (Å²) in [6, 6.07) is 4.20. The lowest BCUT2D eigenvalue weighted by atomic mass is 9.89. The molecule has 9 heteroatoms. The number of halogens is 1. The zero-order valence-electron chi connectivity index (χ0n) is 18.3. The second-order valence-electron chi connectivity index (χ2n) is 8.75. The fraction of sp³-hybridized carbons (Fsp3) is 0.455. The molecule has 2 aromatic rings. The van der Waals surface area contributed by atoms with Crippen LogP contribution in [0, 0.1) is 18.7 Å². The summed E-state index contributed by atoms with van der Waals surface area (Å²) in [5, 5.41) is 0. The van der Waals surface area contributed by atoms with Gasteiger partial charge in [-0.3, -0.25) is 14.8 Å². The lowest BCUT2D eigenvalue weighted by Crippen LogP contribution is -2.59. The molecule has 0 spiro atoms. The number of amidine groups is 1. The number of aromatic nitrogens is 2. The first-order valence-electron chi connectivity index (χ1n) is 9.99. The van der Waals surface area contributed by atoms with Crippen LogP contribution in [-0.4, -0.2) is 40.5 Å². The van der Waals surface area contributed by atoms with Crippen LogP contribution < -0.4 is 5.73 Å². The molecule has 0 bridgehead atoms. The van der Waals surface area contributed by atoms with Gasteiger partial charge in [0.2, 0.25) is 0 Å². The lowest BCUT2D eigenvalue weighted by molar-refractivity contribution is 0.0987. The lowest BCUT2D eigenvalue weighted by Gasteiger charge is -2.42. The van der Waals surface area contributed by atoms with Gasteiger partial charge in [0.25, 0.3) is 0 Å². The minimum Gasteiger partial charge on any atom is -0.386 e. The Kier molecular flexibility index (Phi) is 5.77. The Bertz CT molecular complexity index is 1160. The summed E-state index contributed by atoms with van der Waals surface area (Å²) in [5.74, 6) is -1.59. The molecule has 0 saturated heterocycles. The topological polar surface area (TPSA) is 115 Å². The summed E-state index contributed by atoms with van der Waals surface area (Å²) >= 11 is 0. The van der Waals surface area contributed by atoms with Crippen LogP contribution in [0.4, 0.5) is 4.39 Å². The fourth-order valence-electron chi connectivity index (χ4n) is 3.79.